The third-order valence-electron chi connectivity index (χ3n) is 2.06. The van der Waals surface area contributed by atoms with E-state index in [-0.39, 0.29) is 16.5 Å². The molecule has 0 saturated heterocycles. The largest absolute Gasteiger partial charge is 0.503 e. The van der Waals surface area contributed by atoms with Crippen LogP contribution in [-0.2, 0) is 0 Å². The molecule has 0 amide bonds. The van der Waals surface area contributed by atoms with Crippen molar-refractivity contribution in [3.8, 4) is 17.2 Å². The second kappa shape index (κ2) is 5.05. The van der Waals surface area contributed by atoms with Crippen molar-refractivity contribution < 1.29 is 9.84 Å². The number of phenols is 1. The fourth-order valence-electron chi connectivity index (χ4n) is 1.25. The molecular formula is C12H7Cl3O2. The van der Waals surface area contributed by atoms with E-state index in [1.54, 1.807) is 36.4 Å². The highest BCUT2D eigenvalue weighted by atomic mass is 35.5. The van der Waals surface area contributed by atoms with Crippen LogP contribution in [-0.4, -0.2) is 5.11 Å². The van der Waals surface area contributed by atoms with E-state index in [1.807, 2.05) is 0 Å². The van der Waals surface area contributed by atoms with Crippen LogP contribution in [0.2, 0.25) is 15.1 Å². The lowest BCUT2D eigenvalue weighted by atomic mass is 10.3. The fourth-order valence-corrected chi connectivity index (χ4v) is 1.87. The highest BCUT2D eigenvalue weighted by Gasteiger charge is 2.09. The summed E-state index contributed by atoms with van der Waals surface area (Å²) >= 11 is 17.5. The lowest BCUT2D eigenvalue weighted by Gasteiger charge is -2.09. The molecule has 5 heteroatoms. The van der Waals surface area contributed by atoms with Gasteiger partial charge in [-0.25, -0.2) is 0 Å². The molecular weight excluding hydrogens is 282 g/mol. The number of hydrogen-bond acceptors (Lipinski definition) is 2. The van der Waals surface area contributed by atoms with Crippen LogP contribution in [0.4, 0.5) is 0 Å². The highest BCUT2D eigenvalue weighted by molar-refractivity contribution is 6.35. The molecule has 0 spiro atoms. The van der Waals surface area contributed by atoms with Crippen LogP contribution in [0.5, 0.6) is 17.2 Å². The van der Waals surface area contributed by atoms with Crippen molar-refractivity contribution in [1.82, 2.24) is 0 Å². The van der Waals surface area contributed by atoms with Crippen molar-refractivity contribution in [3.05, 3.63) is 51.5 Å². The number of ether oxygens (including phenoxy) is 1. The van der Waals surface area contributed by atoms with Crippen molar-refractivity contribution in [1.29, 1.82) is 0 Å². The topological polar surface area (TPSA) is 29.5 Å². The lowest BCUT2D eigenvalue weighted by molar-refractivity contribution is 0.411. The van der Waals surface area contributed by atoms with Gasteiger partial charge in [0, 0.05) is 5.02 Å². The molecule has 0 unspecified atom stereocenters. The molecule has 1 N–H and O–H groups in total. The van der Waals surface area contributed by atoms with Gasteiger partial charge in [-0.2, -0.15) is 0 Å². The minimum atomic E-state index is -0.125. The van der Waals surface area contributed by atoms with E-state index in [4.69, 9.17) is 39.5 Å². The molecule has 0 aliphatic rings. The average molecular weight is 290 g/mol. The molecule has 0 aliphatic heterocycles. The van der Waals surface area contributed by atoms with E-state index in [1.165, 1.54) is 0 Å². The molecule has 0 atom stereocenters. The predicted molar refractivity (Wildman–Crippen MR) is 69.7 cm³/mol. The number of para-hydroxylation sites is 1. The molecule has 17 heavy (non-hydrogen) atoms. The number of benzene rings is 2. The Labute approximate surface area is 113 Å². The molecule has 0 aromatic heterocycles. The second-order valence-corrected chi connectivity index (χ2v) is 4.51. The van der Waals surface area contributed by atoms with E-state index in [0.717, 1.165) is 0 Å². The molecule has 0 bridgehead atoms. The molecule has 2 aromatic carbocycles. The van der Waals surface area contributed by atoms with E-state index in [2.05, 4.69) is 0 Å². The van der Waals surface area contributed by atoms with Gasteiger partial charge in [0.2, 0.25) is 0 Å². The zero-order valence-electron chi connectivity index (χ0n) is 8.45. The van der Waals surface area contributed by atoms with E-state index < -0.39 is 0 Å². The highest BCUT2D eigenvalue weighted by Crippen LogP contribution is 2.38. The Hall–Kier alpha value is -1.09. The summed E-state index contributed by atoms with van der Waals surface area (Å²) in [5.74, 6) is 0.510. The Kier molecular flexibility index (Phi) is 3.67. The summed E-state index contributed by atoms with van der Waals surface area (Å²) in [6.45, 7) is 0. The third kappa shape index (κ3) is 2.78. The zero-order valence-corrected chi connectivity index (χ0v) is 10.7. The molecule has 0 fully saturated rings. The van der Waals surface area contributed by atoms with Gasteiger partial charge in [0.1, 0.15) is 5.75 Å². The number of phenolic OH excluding ortho intramolecular Hbond substituents is 1. The molecule has 0 heterocycles. The van der Waals surface area contributed by atoms with Crippen molar-refractivity contribution in [2.45, 2.75) is 0 Å². The summed E-state index contributed by atoms with van der Waals surface area (Å²) in [6, 6.07) is 9.63. The summed E-state index contributed by atoms with van der Waals surface area (Å²) in [5, 5.41) is 10.8. The molecule has 88 valence electrons. The first-order valence-corrected chi connectivity index (χ1v) is 5.81. The number of aromatic hydroxyl groups is 1. The first kappa shape index (κ1) is 12.4. The third-order valence-corrected chi connectivity index (χ3v) is 2.90. The molecule has 0 radical (unpaired) electrons. The molecule has 2 nitrogen and oxygen atoms in total. The summed E-state index contributed by atoms with van der Waals surface area (Å²) in [4.78, 5) is 0. The van der Waals surface area contributed by atoms with Gasteiger partial charge >= 0.3 is 0 Å². The van der Waals surface area contributed by atoms with E-state index >= 15 is 0 Å². The van der Waals surface area contributed by atoms with Gasteiger partial charge in [0.15, 0.2) is 11.5 Å². The maximum atomic E-state index is 9.68. The quantitative estimate of drug-likeness (QED) is 0.829. The monoisotopic (exact) mass is 288 g/mol. The Morgan fingerprint density at radius 3 is 2.35 bits per heavy atom. The Balaban J connectivity index is 2.35. The van der Waals surface area contributed by atoms with Crippen molar-refractivity contribution in [2.24, 2.45) is 0 Å². The Morgan fingerprint density at radius 2 is 1.65 bits per heavy atom. The minimum Gasteiger partial charge on any atom is -0.503 e. The normalized spacial score (nSPS) is 10.3. The zero-order chi connectivity index (χ0) is 12.4. The van der Waals surface area contributed by atoms with Crippen LogP contribution in [0.25, 0.3) is 0 Å². The lowest BCUT2D eigenvalue weighted by Crippen LogP contribution is -1.86. The van der Waals surface area contributed by atoms with Gasteiger partial charge in [-0.1, -0.05) is 40.9 Å². The fraction of sp³-hybridized carbons (Fsp3) is 0. The smallest absolute Gasteiger partial charge is 0.177 e. The summed E-state index contributed by atoms with van der Waals surface area (Å²) in [5.41, 5.74) is 0. The van der Waals surface area contributed by atoms with Gasteiger partial charge in [-0.3, -0.25) is 0 Å². The number of hydrogen-bond donors (Lipinski definition) is 1. The van der Waals surface area contributed by atoms with Crippen LogP contribution in [0.1, 0.15) is 0 Å². The van der Waals surface area contributed by atoms with Crippen molar-refractivity contribution in [2.75, 3.05) is 0 Å². The SMILES string of the molecule is Oc1c(Cl)cccc1Oc1ccc(Cl)cc1Cl. The summed E-state index contributed by atoms with van der Waals surface area (Å²) in [6.07, 6.45) is 0. The van der Waals surface area contributed by atoms with Crippen LogP contribution in [0.3, 0.4) is 0 Å². The summed E-state index contributed by atoms with van der Waals surface area (Å²) < 4.78 is 5.45. The number of halogens is 3. The maximum absolute atomic E-state index is 9.68. The predicted octanol–water partition coefficient (Wildman–Crippen LogP) is 5.14. The van der Waals surface area contributed by atoms with Gasteiger partial charge in [0.25, 0.3) is 0 Å². The van der Waals surface area contributed by atoms with Crippen LogP contribution in [0, 0.1) is 0 Å². The molecule has 0 aliphatic carbocycles. The van der Waals surface area contributed by atoms with Gasteiger partial charge < -0.3 is 9.84 Å². The Bertz CT molecular complexity index is 555. The Morgan fingerprint density at radius 1 is 0.882 bits per heavy atom. The van der Waals surface area contributed by atoms with Gasteiger partial charge in [-0.15, -0.1) is 0 Å². The van der Waals surface area contributed by atoms with Crippen molar-refractivity contribution >= 4 is 34.8 Å². The first-order chi connectivity index (χ1) is 8.08. The summed E-state index contributed by atoms with van der Waals surface area (Å²) in [7, 11) is 0. The van der Waals surface area contributed by atoms with Crippen molar-refractivity contribution in [3.63, 3.8) is 0 Å². The van der Waals surface area contributed by atoms with Crippen LogP contribution >= 0.6 is 34.8 Å². The molecule has 2 aromatic rings. The van der Waals surface area contributed by atoms with Gasteiger partial charge in [0.05, 0.1) is 10.0 Å². The standard InChI is InChI=1S/C12H7Cl3O2/c13-7-4-5-10(9(15)6-7)17-11-3-1-2-8(14)12(11)16/h1-6,16H. The van der Waals surface area contributed by atoms with E-state index in [9.17, 15) is 5.11 Å². The second-order valence-electron chi connectivity index (χ2n) is 3.26. The molecule has 2 rings (SSSR count). The maximum Gasteiger partial charge on any atom is 0.177 e. The van der Waals surface area contributed by atoms with Crippen LogP contribution in [0.15, 0.2) is 36.4 Å². The van der Waals surface area contributed by atoms with Crippen LogP contribution < -0.4 is 4.74 Å². The minimum absolute atomic E-state index is 0.125. The van der Waals surface area contributed by atoms with E-state index in [0.29, 0.717) is 15.8 Å². The molecule has 0 saturated carbocycles. The average Bonchev–Trinajstić information content (AvgIpc) is 2.28. The number of rotatable bonds is 2. The first-order valence-electron chi connectivity index (χ1n) is 4.68. The van der Waals surface area contributed by atoms with Gasteiger partial charge in [-0.05, 0) is 30.3 Å².